The third kappa shape index (κ3) is 4.69. The molecule has 0 radical (unpaired) electrons. The molecular weight excluding hydrogens is 294 g/mol. The van der Waals surface area contributed by atoms with E-state index in [0.717, 1.165) is 36.2 Å². The molecule has 18 heavy (non-hydrogen) atoms. The maximum atomic E-state index is 12.1. The van der Waals surface area contributed by atoms with Crippen molar-refractivity contribution in [2.45, 2.75) is 19.8 Å². The molecule has 4 heteroatoms. The van der Waals surface area contributed by atoms with Gasteiger partial charge in [-0.05, 0) is 31.0 Å². The maximum Gasteiger partial charge on any atom is 0.226 e. The van der Waals surface area contributed by atoms with E-state index in [1.165, 1.54) is 0 Å². The summed E-state index contributed by atoms with van der Waals surface area (Å²) in [6.45, 7) is 3.58. The second-order valence-corrected chi connectivity index (χ2v) is 4.84. The van der Waals surface area contributed by atoms with Crippen molar-refractivity contribution in [2.24, 2.45) is 0 Å². The van der Waals surface area contributed by atoms with Gasteiger partial charge in [0.15, 0.2) is 0 Å². The van der Waals surface area contributed by atoms with E-state index in [0.29, 0.717) is 6.42 Å². The van der Waals surface area contributed by atoms with Gasteiger partial charge in [-0.2, -0.15) is 0 Å². The third-order valence-electron chi connectivity index (χ3n) is 2.79. The van der Waals surface area contributed by atoms with E-state index >= 15 is 0 Å². The highest BCUT2D eigenvalue weighted by molar-refractivity contribution is 9.09. The largest absolute Gasteiger partial charge is 0.497 e. The lowest BCUT2D eigenvalue weighted by Gasteiger charge is -2.20. The number of halogens is 1. The first kappa shape index (κ1) is 15.0. The van der Waals surface area contributed by atoms with Crippen LogP contribution in [0, 0.1) is 0 Å². The van der Waals surface area contributed by atoms with Crippen LogP contribution in [0.2, 0.25) is 0 Å². The molecule has 0 fully saturated rings. The Bertz CT molecular complexity index is 382. The molecule has 0 aliphatic rings. The highest BCUT2D eigenvalue weighted by Crippen LogP contribution is 2.13. The van der Waals surface area contributed by atoms with Crippen LogP contribution in [0.15, 0.2) is 24.3 Å². The smallest absolute Gasteiger partial charge is 0.226 e. The van der Waals surface area contributed by atoms with Crippen LogP contribution in [0.5, 0.6) is 5.75 Å². The molecule has 100 valence electrons. The van der Waals surface area contributed by atoms with E-state index in [9.17, 15) is 4.79 Å². The van der Waals surface area contributed by atoms with E-state index in [-0.39, 0.29) is 5.91 Å². The molecule has 0 saturated carbocycles. The molecule has 1 amide bonds. The minimum absolute atomic E-state index is 0.173. The molecular formula is C14H20BrNO2. The minimum Gasteiger partial charge on any atom is -0.497 e. The van der Waals surface area contributed by atoms with Gasteiger partial charge in [-0.1, -0.05) is 28.1 Å². The van der Waals surface area contributed by atoms with Crippen molar-refractivity contribution in [3.8, 4) is 5.75 Å². The van der Waals surface area contributed by atoms with Crippen LogP contribution in [0.1, 0.15) is 18.9 Å². The first-order valence-electron chi connectivity index (χ1n) is 6.18. The summed E-state index contributed by atoms with van der Waals surface area (Å²) in [5.74, 6) is 0.968. The van der Waals surface area contributed by atoms with Gasteiger partial charge in [0.25, 0.3) is 0 Å². The number of carbonyl (C=O) groups excluding carboxylic acids is 1. The molecule has 3 nitrogen and oxygen atoms in total. The Kier molecular flexibility index (Phi) is 6.80. The number of hydrogen-bond acceptors (Lipinski definition) is 2. The van der Waals surface area contributed by atoms with Crippen molar-refractivity contribution in [3.63, 3.8) is 0 Å². The van der Waals surface area contributed by atoms with Crippen molar-refractivity contribution < 1.29 is 9.53 Å². The van der Waals surface area contributed by atoms with Gasteiger partial charge in [0.05, 0.1) is 13.5 Å². The molecule has 0 aromatic heterocycles. The number of rotatable bonds is 7. The highest BCUT2D eigenvalue weighted by atomic mass is 79.9. The number of methoxy groups -OCH3 is 1. The van der Waals surface area contributed by atoms with Crippen LogP contribution in [-0.4, -0.2) is 36.3 Å². The Balaban J connectivity index is 2.61. The SMILES string of the molecule is CCN(CCCBr)C(=O)Cc1cccc(OC)c1. The molecule has 0 aliphatic heterocycles. The Morgan fingerprint density at radius 3 is 2.83 bits per heavy atom. The summed E-state index contributed by atoms with van der Waals surface area (Å²) in [5, 5.41) is 0.927. The summed E-state index contributed by atoms with van der Waals surface area (Å²) in [7, 11) is 1.63. The lowest BCUT2D eigenvalue weighted by Crippen LogP contribution is -2.33. The number of alkyl halides is 1. The van der Waals surface area contributed by atoms with Crippen LogP contribution in [0.25, 0.3) is 0 Å². The molecule has 0 bridgehead atoms. The molecule has 0 N–H and O–H groups in total. The van der Waals surface area contributed by atoms with E-state index in [1.54, 1.807) is 7.11 Å². The van der Waals surface area contributed by atoms with Gasteiger partial charge >= 0.3 is 0 Å². The number of ether oxygens (including phenoxy) is 1. The fourth-order valence-corrected chi connectivity index (χ4v) is 2.03. The first-order valence-corrected chi connectivity index (χ1v) is 7.30. The number of hydrogen-bond donors (Lipinski definition) is 0. The van der Waals surface area contributed by atoms with Crippen molar-refractivity contribution in [3.05, 3.63) is 29.8 Å². The Morgan fingerprint density at radius 1 is 1.44 bits per heavy atom. The van der Waals surface area contributed by atoms with Gasteiger partial charge < -0.3 is 9.64 Å². The standard InChI is InChI=1S/C14H20BrNO2/c1-3-16(9-5-8-15)14(17)11-12-6-4-7-13(10-12)18-2/h4,6-7,10H,3,5,8-9,11H2,1-2H3. The fourth-order valence-electron chi connectivity index (χ4n) is 1.78. The lowest BCUT2D eigenvalue weighted by atomic mass is 10.1. The van der Waals surface area contributed by atoms with Gasteiger partial charge in [-0.25, -0.2) is 0 Å². The summed E-state index contributed by atoms with van der Waals surface area (Å²) < 4.78 is 5.16. The van der Waals surface area contributed by atoms with Gasteiger partial charge in [0, 0.05) is 18.4 Å². The maximum absolute atomic E-state index is 12.1. The van der Waals surface area contributed by atoms with Crippen LogP contribution in [0.3, 0.4) is 0 Å². The topological polar surface area (TPSA) is 29.5 Å². The predicted octanol–water partition coefficient (Wildman–Crippen LogP) is 2.87. The molecule has 1 aromatic carbocycles. The average Bonchev–Trinajstić information content (AvgIpc) is 2.40. The monoisotopic (exact) mass is 313 g/mol. The second kappa shape index (κ2) is 8.14. The predicted molar refractivity (Wildman–Crippen MR) is 77.4 cm³/mol. The fraction of sp³-hybridized carbons (Fsp3) is 0.500. The minimum atomic E-state index is 0.173. The summed E-state index contributed by atoms with van der Waals surface area (Å²) in [5.41, 5.74) is 0.997. The number of benzene rings is 1. The van der Waals surface area contributed by atoms with Crippen LogP contribution in [-0.2, 0) is 11.2 Å². The Labute approximate surface area is 117 Å². The zero-order valence-corrected chi connectivity index (χ0v) is 12.6. The second-order valence-electron chi connectivity index (χ2n) is 4.04. The van der Waals surface area contributed by atoms with Gasteiger partial charge in [-0.15, -0.1) is 0 Å². The lowest BCUT2D eigenvalue weighted by molar-refractivity contribution is -0.130. The van der Waals surface area contributed by atoms with Crippen molar-refractivity contribution in [2.75, 3.05) is 25.5 Å². The molecule has 0 saturated heterocycles. The van der Waals surface area contributed by atoms with Crippen LogP contribution in [0.4, 0.5) is 0 Å². The summed E-state index contributed by atoms with van der Waals surface area (Å²) in [6, 6.07) is 7.67. The summed E-state index contributed by atoms with van der Waals surface area (Å²) >= 11 is 3.39. The normalized spacial score (nSPS) is 10.2. The van der Waals surface area contributed by atoms with Crippen LogP contribution < -0.4 is 4.74 Å². The van der Waals surface area contributed by atoms with E-state index in [2.05, 4.69) is 15.9 Å². The third-order valence-corrected chi connectivity index (χ3v) is 3.35. The van der Waals surface area contributed by atoms with E-state index in [4.69, 9.17) is 4.74 Å². The summed E-state index contributed by atoms with van der Waals surface area (Å²) in [6.07, 6.45) is 1.42. The molecule has 0 atom stereocenters. The van der Waals surface area contributed by atoms with E-state index < -0.39 is 0 Å². The van der Waals surface area contributed by atoms with Crippen molar-refractivity contribution in [1.82, 2.24) is 4.90 Å². The highest BCUT2D eigenvalue weighted by Gasteiger charge is 2.11. The van der Waals surface area contributed by atoms with Gasteiger partial charge in [0.2, 0.25) is 5.91 Å². The number of carbonyl (C=O) groups is 1. The molecule has 0 spiro atoms. The first-order chi connectivity index (χ1) is 8.71. The average molecular weight is 314 g/mol. The number of amides is 1. The Morgan fingerprint density at radius 2 is 2.22 bits per heavy atom. The van der Waals surface area contributed by atoms with Crippen LogP contribution >= 0.6 is 15.9 Å². The zero-order valence-electron chi connectivity index (χ0n) is 11.0. The van der Waals surface area contributed by atoms with Gasteiger partial charge in [0.1, 0.15) is 5.75 Å². The van der Waals surface area contributed by atoms with Gasteiger partial charge in [-0.3, -0.25) is 4.79 Å². The van der Waals surface area contributed by atoms with E-state index in [1.807, 2.05) is 36.1 Å². The quantitative estimate of drug-likeness (QED) is 0.724. The molecule has 0 heterocycles. The number of likely N-dealkylation sites (N-methyl/N-ethyl adjacent to an activating group) is 1. The molecule has 1 rings (SSSR count). The molecule has 0 unspecified atom stereocenters. The van der Waals surface area contributed by atoms with Crippen molar-refractivity contribution in [1.29, 1.82) is 0 Å². The molecule has 1 aromatic rings. The summed E-state index contributed by atoms with van der Waals surface area (Å²) in [4.78, 5) is 14.0. The Hall–Kier alpha value is -1.03. The van der Waals surface area contributed by atoms with Crippen molar-refractivity contribution >= 4 is 21.8 Å². The molecule has 0 aliphatic carbocycles. The zero-order chi connectivity index (χ0) is 13.4. The number of nitrogens with zero attached hydrogens (tertiary/aromatic N) is 1.